The molecule has 3 aromatic rings. The minimum Gasteiger partial charge on any atom is -0.479 e. The number of hydrogen-bond acceptors (Lipinski definition) is 28. The van der Waals surface area contributed by atoms with Crippen molar-refractivity contribution in [2.24, 2.45) is 16.7 Å². The predicted octanol–water partition coefficient (Wildman–Crippen LogP) is 4.48. The topological polar surface area (TPSA) is 414 Å². The van der Waals surface area contributed by atoms with Crippen LogP contribution in [0.4, 0.5) is 10.5 Å². The number of aliphatic hydroxyl groups excluding tert-OH is 3. The fraction of sp³-hybridized carbons (Fsp3) is 0.595. The number of benzene rings is 3. The second kappa shape index (κ2) is 42.0. The van der Waals surface area contributed by atoms with Crippen LogP contribution in [0.2, 0.25) is 0 Å². The van der Waals surface area contributed by atoms with Gasteiger partial charge in [0.25, 0.3) is 0 Å². The molecule has 10 rings (SSSR count). The lowest BCUT2D eigenvalue weighted by Crippen LogP contribution is -2.67. The molecular formula is C79H103N3O29. The van der Waals surface area contributed by atoms with Crippen LogP contribution in [0.15, 0.2) is 103 Å². The Hall–Kier alpha value is -8.32. The SMILES string of the molecule is CC1=C[C@H]2O[C@@H]3C[C@H]4OC(=O)/C=C\C=C\C(=O)OCC[C@@H](C)[C@@H](NC(=O)CCCC(=O)OCc5ccc(O[C@@H]6O[C@H](C(=O)O)[C@@H](O)[C@H](O)[C@H]6O)c(NC(=O)CCOCCOCCOCCOCCOCCOCCOCCOCCNC(=O)OCC6c7ccccc7-c7ccccc76)c5)C(=O)OC[C@@]2(CC1)[C@]4(C)[C@]31CO1. The molecule has 32 nitrogen and oxygen atoms in total. The zero-order valence-electron chi connectivity index (χ0n) is 62.8. The number of cyclic esters (lactones) is 2. The van der Waals surface area contributed by atoms with E-state index in [1.54, 1.807) is 6.92 Å². The van der Waals surface area contributed by atoms with Crippen LogP contribution >= 0.6 is 0 Å². The van der Waals surface area contributed by atoms with E-state index in [1.807, 2.05) is 44.2 Å². The number of ether oxygens (including phenoxy) is 17. The molecule has 2 spiro atoms. The van der Waals surface area contributed by atoms with Crippen molar-refractivity contribution in [3.8, 4) is 16.9 Å². The van der Waals surface area contributed by atoms with Crippen molar-refractivity contribution in [1.82, 2.24) is 10.6 Å². The van der Waals surface area contributed by atoms with Crippen molar-refractivity contribution in [3.05, 3.63) is 119 Å². The highest BCUT2D eigenvalue weighted by molar-refractivity contribution is 5.92. The van der Waals surface area contributed by atoms with E-state index in [0.717, 1.165) is 22.8 Å². The van der Waals surface area contributed by atoms with Crippen LogP contribution in [-0.2, 0) is 116 Å². The van der Waals surface area contributed by atoms with Crippen molar-refractivity contribution < 1.29 is 139 Å². The van der Waals surface area contributed by atoms with Crippen LogP contribution < -0.4 is 20.7 Å². The Labute approximate surface area is 643 Å². The molecule has 3 aliphatic carbocycles. The molecule has 4 aliphatic heterocycles. The van der Waals surface area contributed by atoms with Gasteiger partial charge in [0.05, 0.1) is 149 Å². The van der Waals surface area contributed by atoms with Gasteiger partial charge < -0.3 is 117 Å². The second-order valence-corrected chi connectivity index (χ2v) is 28.2. The molecule has 0 unspecified atom stereocenters. The van der Waals surface area contributed by atoms with Gasteiger partial charge >= 0.3 is 35.9 Å². The normalized spacial score (nSPS) is 27.4. The van der Waals surface area contributed by atoms with Gasteiger partial charge in [0.1, 0.15) is 61.6 Å². The monoisotopic (exact) mass is 1560 g/mol. The molecule has 7 aliphatic rings. The Morgan fingerprint density at radius 1 is 0.640 bits per heavy atom. The lowest BCUT2D eigenvalue weighted by atomic mass is 9.51. The number of carboxylic acids is 1. The van der Waals surface area contributed by atoms with Crippen LogP contribution in [0.3, 0.4) is 0 Å². The number of carboxylic acid groups (broad SMARTS) is 1. The van der Waals surface area contributed by atoms with Gasteiger partial charge in [-0.05, 0) is 78.5 Å². The number of hydrogen-bond donors (Lipinski definition) is 7. The highest BCUT2D eigenvalue weighted by Crippen LogP contribution is 2.72. The Kier molecular flexibility index (Phi) is 32.2. The number of carbonyl (C=O) groups is 8. The van der Waals surface area contributed by atoms with Crippen molar-refractivity contribution in [3.63, 3.8) is 0 Å². The smallest absolute Gasteiger partial charge is 0.407 e. The summed E-state index contributed by atoms with van der Waals surface area (Å²) in [5.41, 5.74) is 3.44. The van der Waals surface area contributed by atoms with E-state index in [-0.39, 0.29) is 102 Å². The molecule has 32 heteroatoms. The third-order valence-electron chi connectivity index (χ3n) is 21.0. The number of nitrogens with one attached hydrogen (secondary N) is 3. The number of allylic oxidation sites excluding steroid dienone is 3. The molecule has 3 saturated heterocycles. The largest absolute Gasteiger partial charge is 0.479 e. The van der Waals surface area contributed by atoms with Gasteiger partial charge in [-0.1, -0.05) is 92.2 Å². The zero-order valence-corrected chi connectivity index (χ0v) is 62.8. The average Bonchev–Trinajstić information content (AvgIpc) is 1.48. The first-order chi connectivity index (χ1) is 53.7. The van der Waals surface area contributed by atoms with Gasteiger partial charge in [-0.15, -0.1) is 0 Å². The number of epoxide rings is 1. The first-order valence-corrected chi connectivity index (χ1v) is 37.7. The molecule has 3 aromatic carbocycles. The van der Waals surface area contributed by atoms with Crippen molar-refractivity contribution in [2.75, 3.05) is 144 Å². The lowest BCUT2D eigenvalue weighted by Gasteiger charge is -2.58. The number of alkyl carbamates (subject to hydrolysis) is 1. The number of fused-ring (bicyclic) bond motifs is 3. The maximum atomic E-state index is 14.4. The van der Waals surface area contributed by atoms with Crippen molar-refractivity contribution in [1.29, 1.82) is 0 Å². The lowest BCUT2D eigenvalue weighted by molar-refractivity contribution is -0.271. The van der Waals surface area contributed by atoms with Crippen molar-refractivity contribution in [2.45, 2.75) is 145 Å². The van der Waals surface area contributed by atoms with Crippen molar-refractivity contribution >= 4 is 53.4 Å². The van der Waals surface area contributed by atoms with Crippen LogP contribution in [0.25, 0.3) is 11.1 Å². The number of amides is 3. The second-order valence-electron chi connectivity index (χ2n) is 28.2. The summed E-state index contributed by atoms with van der Waals surface area (Å²) < 4.78 is 97.5. The number of esters is 4. The van der Waals surface area contributed by atoms with E-state index in [1.165, 1.54) is 47.6 Å². The third-order valence-corrected chi connectivity index (χ3v) is 21.0. The summed E-state index contributed by atoms with van der Waals surface area (Å²) in [6.45, 7) is 10.9. The number of aliphatic hydroxyl groups is 3. The van der Waals surface area contributed by atoms with Gasteiger partial charge in [-0.2, -0.15) is 0 Å². The maximum absolute atomic E-state index is 14.4. The standard InChI is InChI=1S/C79H103N3O29/c1-50-21-24-78-48-106-74(93)68(51(2)22-27-103-65(85)16-8-9-17-67(87)110-60-45-62(109-61(78)43-50)79(49-107-79)77(60,78)3)82-63(83)15-10-18-66(86)104-46-52-19-20-59(108-75-71(90)69(88)70(89)72(111-75)73(91)92)58(44-52)81-64(84)23-26-95-29-31-97-33-35-99-37-39-101-41-42-102-40-38-100-36-34-98-32-30-96-28-25-80-76(94)105-47-57-55-13-6-4-11-53(55)54-12-5-7-14-56(54)57/h4-9,11-14,16-17,19-20,43-44,51,57,60-62,68-72,75,88-90H,10,15,18,21-42,45-49H2,1-3H3,(H,80,94)(H,81,84)(H,82,83)(H,91,92)/b16-8+,17-9-/t51-,60-,61-,62-,68-,69+,70+,71-,72+,75-,77-,78-,79+/m1/s1. The number of aliphatic carboxylic acids is 1. The van der Waals surface area contributed by atoms with Gasteiger partial charge in [-0.3, -0.25) is 14.4 Å². The van der Waals surface area contributed by atoms with E-state index >= 15 is 0 Å². The first kappa shape index (κ1) is 85.1. The van der Waals surface area contributed by atoms with E-state index in [4.69, 9.17) is 80.5 Å². The highest BCUT2D eigenvalue weighted by atomic mass is 16.7. The minimum absolute atomic E-state index is 0.00666. The Morgan fingerprint density at radius 3 is 1.85 bits per heavy atom. The summed E-state index contributed by atoms with van der Waals surface area (Å²) >= 11 is 0. The molecule has 2 bridgehead atoms. The Balaban J connectivity index is 0.576. The molecular weight excluding hydrogens is 1450 g/mol. The molecule has 4 fully saturated rings. The molecule has 0 radical (unpaired) electrons. The summed E-state index contributed by atoms with van der Waals surface area (Å²) in [5, 5.41) is 49.3. The summed E-state index contributed by atoms with van der Waals surface area (Å²) in [5.74, 6) is -6.41. The molecule has 1 saturated carbocycles. The molecule has 7 N–H and O–H groups in total. The Morgan fingerprint density at radius 2 is 1.23 bits per heavy atom. The van der Waals surface area contributed by atoms with Crippen LogP contribution in [0, 0.1) is 16.7 Å². The van der Waals surface area contributed by atoms with Gasteiger partial charge in [0.2, 0.25) is 18.1 Å². The summed E-state index contributed by atoms with van der Waals surface area (Å²) in [4.78, 5) is 105. The van der Waals surface area contributed by atoms with Gasteiger partial charge in [0.15, 0.2) is 6.10 Å². The fourth-order valence-electron chi connectivity index (χ4n) is 14.8. The van der Waals surface area contributed by atoms with E-state index in [2.05, 4.69) is 40.2 Å². The zero-order chi connectivity index (χ0) is 78.8. The molecule has 111 heavy (non-hydrogen) atoms. The minimum atomic E-state index is -2.00. The molecule has 13 atom stereocenters. The fourth-order valence-corrected chi connectivity index (χ4v) is 14.8. The number of rotatable bonds is 40. The van der Waals surface area contributed by atoms with Crippen LogP contribution in [0.1, 0.15) is 94.7 Å². The quantitative estimate of drug-likeness (QED) is 0.0136. The first-order valence-electron chi connectivity index (χ1n) is 37.7. The summed E-state index contributed by atoms with van der Waals surface area (Å²) in [7, 11) is 0. The van der Waals surface area contributed by atoms with Gasteiger partial charge in [0, 0.05) is 49.3 Å². The van der Waals surface area contributed by atoms with Crippen LogP contribution in [-0.4, -0.2) is 268 Å². The van der Waals surface area contributed by atoms with E-state index in [9.17, 15) is 58.8 Å². The van der Waals surface area contributed by atoms with E-state index < -0.39 is 125 Å². The van der Waals surface area contributed by atoms with Crippen LogP contribution in [0.5, 0.6) is 5.75 Å². The van der Waals surface area contributed by atoms with Gasteiger partial charge in [-0.25, -0.2) is 24.0 Å². The van der Waals surface area contributed by atoms with E-state index in [0.29, 0.717) is 117 Å². The maximum Gasteiger partial charge on any atom is 0.407 e. The summed E-state index contributed by atoms with van der Waals surface area (Å²) in [6.07, 6.45) is -3.72. The Bertz CT molecular complexity index is 3670. The number of carbonyl (C=O) groups excluding carboxylic acids is 7. The number of anilines is 1. The molecule has 0 aromatic heterocycles. The average molecular weight is 1560 g/mol. The molecule has 4 heterocycles. The predicted molar refractivity (Wildman–Crippen MR) is 389 cm³/mol. The third kappa shape index (κ3) is 22.8. The highest BCUT2D eigenvalue weighted by Gasteiger charge is 2.83. The molecule has 608 valence electrons. The molecule has 3 amide bonds. The summed E-state index contributed by atoms with van der Waals surface area (Å²) in [6, 6.07) is 19.3.